The Kier molecular flexibility index (Phi) is 2.59. The lowest BCUT2D eigenvalue weighted by Gasteiger charge is -2.14. The highest BCUT2D eigenvalue weighted by molar-refractivity contribution is 6.03. The Bertz CT molecular complexity index is 476. The predicted octanol–water partition coefficient (Wildman–Crippen LogP) is 1.53. The summed E-state index contributed by atoms with van der Waals surface area (Å²) in [5.41, 5.74) is 6.07. The van der Waals surface area contributed by atoms with E-state index in [-0.39, 0.29) is 11.7 Å². The van der Waals surface area contributed by atoms with E-state index in [1.54, 1.807) is 31.3 Å². The van der Waals surface area contributed by atoms with Crippen molar-refractivity contribution in [1.29, 1.82) is 0 Å². The smallest absolute Gasteiger partial charge is 0.294 e. The monoisotopic (exact) mass is 217 g/mol. The maximum absolute atomic E-state index is 11.9. The quantitative estimate of drug-likeness (QED) is 0.828. The number of hydrogen-bond acceptors (Lipinski definition) is 4. The summed E-state index contributed by atoms with van der Waals surface area (Å²) in [6, 6.07) is 6.64. The maximum atomic E-state index is 11.9. The summed E-state index contributed by atoms with van der Waals surface area (Å²) < 4.78 is 5.02. The van der Waals surface area contributed by atoms with Gasteiger partial charge in [0.2, 0.25) is 0 Å². The molecule has 0 atom stereocenters. The van der Waals surface area contributed by atoms with Gasteiger partial charge in [0.05, 0.1) is 18.1 Å². The number of nitrogen functional groups attached to an aromatic ring is 1. The van der Waals surface area contributed by atoms with Crippen LogP contribution in [0.25, 0.3) is 0 Å². The molecule has 2 heterocycles. The first-order chi connectivity index (χ1) is 7.68. The van der Waals surface area contributed by atoms with Gasteiger partial charge in [-0.15, -0.1) is 0 Å². The van der Waals surface area contributed by atoms with E-state index >= 15 is 0 Å². The molecule has 5 nitrogen and oxygen atoms in total. The molecule has 0 aromatic carbocycles. The molecule has 0 bridgehead atoms. The van der Waals surface area contributed by atoms with Crippen molar-refractivity contribution in [3.63, 3.8) is 0 Å². The summed E-state index contributed by atoms with van der Waals surface area (Å²) in [6.07, 6.45) is 2.96. The second-order valence-electron chi connectivity index (χ2n) is 3.29. The fourth-order valence-corrected chi connectivity index (χ4v) is 1.27. The van der Waals surface area contributed by atoms with Crippen LogP contribution in [0.5, 0.6) is 0 Å². The molecule has 0 radical (unpaired) electrons. The number of nitrogens with two attached hydrogens (primary N) is 1. The zero-order chi connectivity index (χ0) is 11.5. The zero-order valence-corrected chi connectivity index (χ0v) is 8.75. The largest absolute Gasteiger partial charge is 0.459 e. The third-order valence-corrected chi connectivity index (χ3v) is 2.15. The molecule has 1 amide bonds. The van der Waals surface area contributed by atoms with Gasteiger partial charge in [-0.1, -0.05) is 0 Å². The molecule has 5 heteroatoms. The number of furan rings is 1. The van der Waals surface area contributed by atoms with Crippen LogP contribution in [0.4, 0.5) is 11.5 Å². The van der Waals surface area contributed by atoms with E-state index < -0.39 is 0 Å². The Balaban J connectivity index is 2.22. The lowest BCUT2D eigenvalue weighted by Crippen LogP contribution is -2.26. The number of hydrogen-bond donors (Lipinski definition) is 1. The first-order valence-corrected chi connectivity index (χ1v) is 4.71. The molecule has 0 aliphatic carbocycles. The van der Waals surface area contributed by atoms with Crippen LogP contribution in [0.2, 0.25) is 0 Å². The Morgan fingerprint density at radius 2 is 2.25 bits per heavy atom. The zero-order valence-electron chi connectivity index (χ0n) is 8.75. The minimum atomic E-state index is -0.248. The molecule has 2 N–H and O–H groups in total. The van der Waals surface area contributed by atoms with Crippen molar-refractivity contribution in [2.24, 2.45) is 0 Å². The van der Waals surface area contributed by atoms with Crippen LogP contribution in [-0.2, 0) is 0 Å². The highest BCUT2D eigenvalue weighted by atomic mass is 16.3. The topological polar surface area (TPSA) is 72.4 Å². The van der Waals surface area contributed by atoms with Crippen LogP contribution in [0, 0.1) is 0 Å². The van der Waals surface area contributed by atoms with E-state index in [4.69, 9.17) is 10.2 Å². The normalized spacial score (nSPS) is 10.1. The number of nitrogens with zero attached hydrogens (tertiary/aromatic N) is 2. The van der Waals surface area contributed by atoms with Crippen molar-refractivity contribution in [3.05, 3.63) is 42.5 Å². The van der Waals surface area contributed by atoms with Crippen LogP contribution in [0.1, 0.15) is 10.6 Å². The number of carbonyl (C=O) groups excluding carboxylic acids is 1. The third-order valence-electron chi connectivity index (χ3n) is 2.15. The van der Waals surface area contributed by atoms with E-state index in [9.17, 15) is 4.79 Å². The minimum Gasteiger partial charge on any atom is -0.459 e. The Morgan fingerprint density at radius 3 is 2.81 bits per heavy atom. The van der Waals surface area contributed by atoms with Crippen molar-refractivity contribution in [2.75, 3.05) is 17.7 Å². The number of anilines is 2. The number of rotatable bonds is 2. The fourth-order valence-electron chi connectivity index (χ4n) is 1.27. The van der Waals surface area contributed by atoms with Gasteiger partial charge >= 0.3 is 0 Å². The first kappa shape index (κ1) is 10.2. The average molecular weight is 217 g/mol. The SMILES string of the molecule is CN(C(=O)c1ccco1)c1ccc(N)cn1. The van der Waals surface area contributed by atoms with Crippen LogP contribution < -0.4 is 10.6 Å². The van der Waals surface area contributed by atoms with E-state index in [2.05, 4.69) is 4.98 Å². The van der Waals surface area contributed by atoms with Gasteiger partial charge in [0.1, 0.15) is 5.82 Å². The van der Waals surface area contributed by atoms with Crippen molar-refractivity contribution in [3.8, 4) is 0 Å². The Hall–Kier alpha value is -2.30. The van der Waals surface area contributed by atoms with E-state index in [0.717, 1.165) is 0 Å². The molecule has 0 fully saturated rings. The summed E-state index contributed by atoms with van der Waals surface area (Å²) >= 11 is 0. The molecule has 0 saturated carbocycles. The Morgan fingerprint density at radius 1 is 1.44 bits per heavy atom. The lowest BCUT2D eigenvalue weighted by molar-refractivity contribution is 0.0966. The minimum absolute atomic E-state index is 0.248. The summed E-state index contributed by atoms with van der Waals surface area (Å²) in [6.45, 7) is 0. The van der Waals surface area contributed by atoms with Gasteiger partial charge in [0, 0.05) is 7.05 Å². The molecular weight excluding hydrogens is 206 g/mol. The second-order valence-corrected chi connectivity index (χ2v) is 3.29. The van der Waals surface area contributed by atoms with Gasteiger partial charge < -0.3 is 10.2 Å². The summed E-state index contributed by atoms with van der Waals surface area (Å²) in [5.74, 6) is 0.555. The fraction of sp³-hybridized carbons (Fsp3) is 0.0909. The molecule has 2 rings (SSSR count). The number of aromatic nitrogens is 1. The van der Waals surface area contributed by atoms with Crippen LogP contribution in [0.15, 0.2) is 41.1 Å². The number of amides is 1. The number of pyridine rings is 1. The summed E-state index contributed by atoms with van der Waals surface area (Å²) in [4.78, 5) is 17.3. The van der Waals surface area contributed by atoms with Gasteiger partial charge in [-0.25, -0.2) is 4.98 Å². The van der Waals surface area contributed by atoms with Gasteiger partial charge in [-0.05, 0) is 24.3 Å². The highest BCUT2D eigenvalue weighted by Crippen LogP contribution is 2.14. The second kappa shape index (κ2) is 4.06. The third kappa shape index (κ3) is 1.88. The molecule has 0 aliphatic heterocycles. The van der Waals surface area contributed by atoms with Crippen molar-refractivity contribution < 1.29 is 9.21 Å². The molecule has 16 heavy (non-hydrogen) atoms. The maximum Gasteiger partial charge on any atom is 0.294 e. The molecule has 82 valence electrons. The van der Waals surface area contributed by atoms with Crippen molar-refractivity contribution in [2.45, 2.75) is 0 Å². The van der Waals surface area contributed by atoms with E-state index in [1.807, 2.05) is 0 Å². The van der Waals surface area contributed by atoms with E-state index in [1.165, 1.54) is 17.4 Å². The summed E-state index contributed by atoms with van der Waals surface area (Å²) in [7, 11) is 1.63. The van der Waals surface area contributed by atoms with Crippen LogP contribution >= 0.6 is 0 Å². The van der Waals surface area contributed by atoms with Crippen molar-refractivity contribution in [1.82, 2.24) is 4.98 Å². The molecule has 0 unspecified atom stereocenters. The van der Waals surface area contributed by atoms with Crippen molar-refractivity contribution >= 4 is 17.4 Å². The molecule has 0 aliphatic rings. The van der Waals surface area contributed by atoms with Crippen LogP contribution in [0.3, 0.4) is 0 Å². The first-order valence-electron chi connectivity index (χ1n) is 4.71. The lowest BCUT2D eigenvalue weighted by atomic mass is 10.3. The molecule has 0 spiro atoms. The Labute approximate surface area is 92.5 Å². The average Bonchev–Trinajstić information content (AvgIpc) is 2.81. The predicted molar refractivity (Wildman–Crippen MR) is 60.1 cm³/mol. The van der Waals surface area contributed by atoms with Gasteiger partial charge in [-0.2, -0.15) is 0 Å². The van der Waals surface area contributed by atoms with Gasteiger partial charge in [0.25, 0.3) is 5.91 Å². The standard InChI is InChI=1S/C11H11N3O2/c1-14(10-5-4-8(12)7-13-10)11(15)9-3-2-6-16-9/h2-7H,12H2,1H3. The molecule has 2 aromatic rings. The molecular formula is C11H11N3O2. The van der Waals surface area contributed by atoms with Gasteiger partial charge in [0.15, 0.2) is 5.76 Å². The number of carbonyl (C=O) groups is 1. The highest BCUT2D eigenvalue weighted by Gasteiger charge is 2.16. The summed E-state index contributed by atoms with van der Waals surface area (Å²) in [5, 5.41) is 0. The molecule has 0 saturated heterocycles. The molecule has 2 aromatic heterocycles. The van der Waals surface area contributed by atoms with E-state index in [0.29, 0.717) is 11.5 Å². The van der Waals surface area contributed by atoms with Crippen LogP contribution in [-0.4, -0.2) is 17.9 Å². The van der Waals surface area contributed by atoms with Gasteiger partial charge in [-0.3, -0.25) is 9.69 Å².